The van der Waals surface area contributed by atoms with E-state index in [-0.39, 0.29) is 0 Å². The Morgan fingerprint density at radius 3 is 2.33 bits per heavy atom. The van der Waals surface area contributed by atoms with E-state index in [9.17, 15) is 22.0 Å². The van der Waals surface area contributed by atoms with Gasteiger partial charge in [-0.2, -0.15) is 17.6 Å². The van der Waals surface area contributed by atoms with Gasteiger partial charge in [-0.15, -0.1) is 0 Å². The molecule has 0 fully saturated rings. The summed E-state index contributed by atoms with van der Waals surface area (Å²) < 4.78 is 63.9. The highest BCUT2D eigenvalue weighted by Crippen LogP contribution is 2.29. The van der Waals surface area contributed by atoms with Gasteiger partial charge in [0.05, 0.1) is 5.69 Å². The number of nitrogen functional groups attached to an aromatic ring is 1. The van der Waals surface area contributed by atoms with Crippen LogP contribution in [0.15, 0.2) is 18.2 Å². The molecule has 0 aliphatic heterocycles. The van der Waals surface area contributed by atoms with Crippen LogP contribution in [-0.2, 0) is 0 Å². The van der Waals surface area contributed by atoms with Gasteiger partial charge in [0.15, 0.2) is 0 Å². The molecule has 1 unspecified atom stereocenters. The molecule has 0 spiro atoms. The van der Waals surface area contributed by atoms with Gasteiger partial charge in [-0.05, 0) is 12.1 Å². The lowest BCUT2D eigenvalue weighted by Crippen LogP contribution is -2.30. The maximum atomic E-state index is 12.5. The first-order valence-electron chi connectivity index (χ1n) is 3.73. The summed E-state index contributed by atoms with van der Waals surface area (Å²) in [6, 6.07) is 2.37. The molecule has 0 saturated carbocycles. The van der Waals surface area contributed by atoms with E-state index in [1.54, 1.807) is 0 Å². The van der Waals surface area contributed by atoms with E-state index >= 15 is 0 Å². The van der Waals surface area contributed by atoms with Crippen LogP contribution in [0.2, 0.25) is 0 Å². The second-order valence-corrected chi connectivity index (χ2v) is 2.66. The zero-order chi connectivity index (χ0) is 11.6. The highest BCUT2D eigenvalue weighted by Gasteiger charge is 2.42. The summed E-state index contributed by atoms with van der Waals surface area (Å²) in [5.74, 6) is -1.30. The van der Waals surface area contributed by atoms with E-state index in [0.717, 1.165) is 18.2 Å². The van der Waals surface area contributed by atoms with Gasteiger partial charge in [0.2, 0.25) is 0 Å². The molecular weight excluding hydrogens is 221 g/mol. The van der Waals surface area contributed by atoms with Crippen molar-refractivity contribution < 1.29 is 26.7 Å². The lowest BCUT2D eigenvalue weighted by atomic mass is 10.3. The second-order valence-electron chi connectivity index (χ2n) is 2.66. The maximum Gasteiger partial charge on any atom is 0.457 e. The summed E-state index contributed by atoms with van der Waals surface area (Å²) in [5.41, 5.74) is 4.71. The summed E-state index contributed by atoms with van der Waals surface area (Å²) in [6.07, 6.45) is -8.62. The van der Waals surface area contributed by atoms with Gasteiger partial charge >= 0.3 is 12.5 Å². The number of rotatable bonds is 2. The van der Waals surface area contributed by atoms with Crippen LogP contribution in [0, 0.1) is 5.82 Å². The van der Waals surface area contributed by atoms with Crippen molar-refractivity contribution in [2.75, 3.05) is 5.73 Å². The molecule has 0 saturated heterocycles. The van der Waals surface area contributed by atoms with Crippen LogP contribution >= 0.6 is 0 Å². The van der Waals surface area contributed by atoms with E-state index in [1.807, 2.05) is 0 Å². The highest BCUT2D eigenvalue weighted by atomic mass is 19.4. The van der Waals surface area contributed by atoms with Crippen molar-refractivity contribution in [1.82, 2.24) is 0 Å². The van der Waals surface area contributed by atoms with E-state index < -0.39 is 29.8 Å². The molecule has 0 aliphatic carbocycles. The molecular formula is C8H6F5NO. The molecule has 2 nitrogen and oxygen atoms in total. The molecule has 15 heavy (non-hydrogen) atoms. The number of benzene rings is 1. The number of ether oxygens (including phenoxy) is 1. The molecule has 7 heteroatoms. The van der Waals surface area contributed by atoms with Gasteiger partial charge in [0.25, 0.3) is 0 Å². The highest BCUT2D eigenvalue weighted by molar-refractivity contribution is 5.52. The lowest BCUT2D eigenvalue weighted by molar-refractivity contribution is -0.236. The Kier molecular flexibility index (Phi) is 3.01. The number of halogens is 5. The number of anilines is 1. The zero-order valence-electron chi connectivity index (χ0n) is 7.18. The Hall–Kier alpha value is -1.53. The Morgan fingerprint density at radius 1 is 1.27 bits per heavy atom. The third-order valence-electron chi connectivity index (χ3n) is 1.46. The van der Waals surface area contributed by atoms with E-state index in [1.165, 1.54) is 0 Å². The third-order valence-corrected chi connectivity index (χ3v) is 1.46. The zero-order valence-corrected chi connectivity index (χ0v) is 7.18. The SMILES string of the molecule is Nc1cc(F)ccc1OC(F)C(F)(F)F. The molecule has 0 aliphatic rings. The number of hydrogen-bond donors (Lipinski definition) is 1. The first-order valence-corrected chi connectivity index (χ1v) is 3.73. The monoisotopic (exact) mass is 227 g/mol. The Bertz CT molecular complexity index is 351. The third kappa shape index (κ3) is 2.97. The fourth-order valence-corrected chi connectivity index (χ4v) is 0.805. The van der Waals surface area contributed by atoms with Gasteiger partial charge in [-0.1, -0.05) is 0 Å². The van der Waals surface area contributed by atoms with Crippen molar-refractivity contribution in [3.05, 3.63) is 24.0 Å². The summed E-state index contributed by atoms with van der Waals surface area (Å²) >= 11 is 0. The van der Waals surface area contributed by atoms with Crippen LogP contribution in [0.3, 0.4) is 0 Å². The van der Waals surface area contributed by atoms with Gasteiger partial charge in [0.1, 0.15) is 11.6 Å². The van der Waals surface area contributed by atoms with Crippen LogP contribution in [0.4, 0.5) is 27.6 Å². The minimum absolute atomic E-state index is 0.401. The molecule has 0 heterocycles. The molecule has 1 aromatic carbocycles. The Labute approximate surface area is 81.4 Å². The number of nitrogens with two attached hydrogens (primary N) is 1. The summed E-state index contributed by atoms with van der Waals surface area (Å²) in [5, 5.41) is 0. The topological polar surface area (TPSA) is 35.2 Å². The predicted molar refractivity (Wildman–Crippen MR) is 42.4 cm³/mol. The molecule has 0 amide bonds. The number of hydrogen-bond acceptors (Lipinski definition) is 2. The van der Waals surface area contributed by atoms with Crippen molar-refractivity contribution in [3.8, 4) is 5.75 Å². The van der Waals surface area contributed by atoms with E-state index in [0.29, 0.717) is 0 Å². The van der Waals surface area contributed by atoms with Gasteiger partial charge < -0.3 is 10.5 Å². The van der Waals surface area contributed by atoms with Gasteiger partial charge in [-0.3, -0.25) is 0 Å². The van der Waals surface area contributed by atoms with E-state index in [4.69, 9.17) is 5.73 Å². The van der Waals surface area contributed by atoms with Crippen molar-refractivity contribution in [2.24, 2.45) is 0 Å². The average Bonchev–Trinajstić information content (AvgIpc) is 2.08. The molecule has 1 atom stereocenters. The fraction of sp³-hybridized carbons (Fsp3) is 0.250. The second kappa shape index (κ2) is 3.92. The fourth-order valence-electron chi connectivity index (χ4n) is 0.805. The number of alkyl halides is 4. The first-order chi connectivity index (χ1) is 6.80. The molecule has 0 radical (unpaired) electrons. The summed E-state index contributed by atoms with van der Waals surface area (Å²) in [4.78, 5) is 0. The van der Waals surface area contributed by atoms with Gasteiger partial charge in [0, 0.05) is 6.07 Å². The van der Waals surface area contributed by atoms with E-state index in [2.05, 4.69) is 4.74 Å². The Morgan fingerprint density at radius 2 is 1.87 bits per heavy atom. The molecule has 1 rings (SSSR count). The van der Waals surface area contributed by atoms with Crippen molar-refractivity contribution in [1.29, 1.82) is 0 Å². The quantitative estimate of drug-likeness (QED) is 0.622. The molecule has 84 valence electrons. The standard InChI is InChI=1S/C8H6F5NO/c9-4-1-2-6(5(14)3-4)15-7(10)8(11,12)13/h1-3,7H,14H2. The van der Waals surface area contributed by atoms with Crippen LogP contribution in [0.25, 0.3) is 0 Å². The summed E-state index contributed by atoms with van der Waals surface area (Å²) in [7, 11) is 0. The molecule has 0 bridgehead atoms. The minimum atomic E-state index is -5.14. The average molecular weight is 227 g/mol. The maximum absolute atomic E-state index is 12.5. The van der Waals surface area contributed by atoms with Crippen molar-refractivity contribution in [2.45, 2.75) is 12.5 Å². The minimum Gasteiger partial charge on any atom is -0.450 e. The van der Waals surface area contributed by atoms with Crippen LogP contribution in [0.1, 0.15) is 0 Å². The molecule has 1 aromatic rings. The van der Waals surface area contributed by atoms with Gasteiger partial charge in [-0.25, -0.2) is 4.39 Å². The Balaban J connectivity index is 2.82. The smallest absolute Gasteiger partial charge is 0.450 e. The normalized spacial score (nSPS) is 13.7. The summed E-state index contributed by atoms with van der Waals surface area (Å²) in [6.45, 7) is 0. The largest absolute Gasteiger partial charge is 0.457 e. The molecule has 0 aromatic heterocycles. The van der Waals surface area contributed by atoms with Crippen LogP contribution in [-0.4, -0.2) is 12.5 Å². The van der Waals surface area contributed by atoms with Crippen molar-refractivity contribution in [3.63, 3.8) is 0 Å². The van der Waals surface area contributed by atoms with Crippen LogP contribution in [0.5, 0.6) is 5.75 Å². The van der Waals surface area contributed by atoms with Crippen molar-refractivity contribution >= 4 is 5.69 Å². The molecule has 2 N–H and O–H groups in total. The predicted octanol–water partition coefficient (Wildman–Crippen LogP) is 2.64. The van der Waals surface area contributed by atoms with Crippen LogP contribution < -0.4 is 10.5 Å². The lowest BCUT2D eigenvalue weighted by Gasteiger charge is -2.15. The first kappa shape index (κ1) is 11.5.